The van der Waals surface area contributed by atoms with Crippen molar-refractivity contribution in [3.05, 3.63) is 87.0 Å². The fraction of sp³-hybridized carbons (Fsp3) is 0.0952. The molecule has 1 N–H and O–H groups in total. The van der Waals surface area contributed by atoms with Gasteiger partial charge < -0.3 is 5.32 Å². The summed E-state index contributed by atoms with van der Waals surface area (Å²) in [4.78, 5) is 12.9. The van der Waals surface area contributed by atoms with Crippen LogP contribution in [0, 0.1) is 10.5 Å². The minimum absolute atomic E-state index is 0.116. The van der Waals surface area contributed by atoms with E-state index in [1.807, 2.05) is 6.92 Å². The molecule has 8 heteroatoms. The zero-order valence-electron chi connectivity index (χ0n) is 15.5. The molecule has 3 rings (SSSR count). The maximum Gasteiger partial charge on any atom is 0.264 e. The molecule has 150 valence electrons. The van der Waals surface area contributed by atoms with Gasteiger partial charge in [-0.25, -0.2) is 8.42 Å². The summed E-state index contributed by atoms with van der Waals surface area (Å²) in [6.07, 6.45) is 0. The van der Waals surface area contributed by atoms with Crippen LogP contribution in [0.1, 0.15) is 5.56 Å². The molecule has 0 spiro atoms. The Balaban J connectivity index is 1.94. The van der Waals surface area contributed by atoms with Crippen molar-refractivity contribution in [3.8, 4) is 0 Å². The first-order chi connectivity index (χ1) is 13.8. The van der Waals surface area contributed by atoms with Crippen LogP contribution in [0.5, 0.6) is 0 Å². The number of carbonyl (C=O) groups is 1. The average molecular weight is 541 g/mol. The first kappa shape index (κ1) is 21.6. The van der Waals surface area contributed by atoms with E-state index in [1.165, 1.54) is 12.1 Å². The number of aryl methyl sites for hydroxylation is 1. The Labute approximate surface area is 188 Å². The van der Waals surface area contributed by atoms with Gasteiger partial charge in [-0.2, -0.15) is 0 Å². The Kier molecular flexibility index (Phi) is 6.81. The van der Waals surface area contributed by atoms with E-state index in [9.17, 15) is 13.2 Å². The molecule has 0 saturated heterocycles. The number of anilines is 2. The molecule has 0 saturated carbocycles. The Hall–Kier alpha value is -2.10. The topological polar surface area (TPSA) is 66.5 Å². The number of amides is 1. The third-order valence-corrected chi connectivity index (χ3v) is 6.95. The quantitative estimate of drug-likeness (QED) is 0.443. The second-order valence-corrected chi connectivity index (χ2v) is 9.85. The van der Waals surface area contributed by atoms with Gasteiger partial charge in [0.25, 0.3) is 10.0 Å². The second-order valence-electron chi connectivity index (χ2n) is 6.31. The molecule has 3 aromatic carbocycles. The molecule has 29 heavy (non-hydrogen) atoms. The largest absolute Gasteiger partial charge is 0.324 e. The lowest BCUT2D eigenvalue weighted by Gasteiger charge is -2.24. The van der Waals surface area contributed by atoms with Gasteiger partial charge in [0.2, 0.25) is 5.91 Å². The summed E-state index contributed by atoms with van der Waals surface area (Å²) in [7, 11) is -3.93. The van der Waals surface area contributed by atoms with E-state index >= 15 is 0 Å². The molecule has 0 bridgehead atoms. The molecule has 0 unspecified atom stereocenters. The van der Waals surface area contributed by atoms with Crippen molar-refractivity contribution in [1.82, 2.24) is 0 Å². The Bertz CT molecular complexity index is 1120. The number of hydrogen-bond acceptors (Lipinski definition) is 3. The number of benzene rings is 3. The second kappa shape index (κ2) is 9.15. The van der Waals surface area contributed by atoms with Crippen LogP contribution in [0.15, 0.2) is 77.7 Å². The molecule has 5 nitrogen and oxygen atoms in total. The van der Waals surface area contributed by atoms with Crippen molar-refractivity contribution in [2.45, 2.75) is 11.8 Å². The van der Waals surface area contributed by atoms with Crippen LogP contribution in [0.4, 0.5) is 11.4 Å². The Morgan fingerprint density at radius 2 is 1.69 bits per heavy atom. The van der Waals surface area contributed by atoms with E-state index in [-0.39, 0.29) is 11.4 Å². The van der Waals surface area contributed by atoms with Crippen molar-refractivity contribution in [3.63, 3.8) is 0 Å². The van der Waals surface area contributed by atoms with Crippen LogP contribution in [0.2, 0.25) is 5.02 Å². The van der Waals surface area contributed by atoms with E-state index in [0.717, 1.165) is 13.4 Å². The van der Waals surface area contributed by atoms with E-state index < -0.39 is 15.9 Å². The lowest BCUT2D eigenvalue weighted by molar-refractivity contribution is -0.114. The molecule has 0 aromatic heterocycles. The lowest BCUT2D eigenvalue weighted by atomic mass is 10.2. The normalized spacial score (nSPS) is 11.1. The fourth-order valence-electron chi connectivity index (χ4n) is 2.69. The SMILES string of the molecule is Cc1ccc(Cl)cc1NC(=O)CN(c1ccc(I)cc1)S(=O)(=O)c1ccccc1. The average Bonchev–Trinajstić information content (AvgIpc) is 2.70. The summed E-state index contributed by atoms with van der Waals surface area (Å²) in [6.45, 7) is 1.47. The first-order valence-electron chi connectivity index (χ1n) is 8.67. The van der Waals surface area contributed by atoms with Gasteiger partial charge in [-0.05, 0) is 83.6 Å². The molecule has 0 aliphatic heterocycles. The fourth-order valence-corrected chi connectivity index (χ4v) is 4.66. The monoisotopic (exact) mass is 540 g/mol. The van der Waals surface area contributed by atoms with E-state index in [4.69, 9.17) is 11.6 Å². The third kappa shape index (κ3) is 5.29. The molecular weight excluding hydrogens is 523 g/mol. The zero-order chi connectivity index (χ0) is 21.0. The summed E-state index contributed by atoms with van der Waals surface area (Å²) in [5.74, 6) is -0.464. The number of halogens is 2. The smallest absolute Gasteiger partial charge is 0.264 e. The van der Waals surface area contributed by atoms with Gasteiger partial charge in [-0.3, -0.25) is 9.10 Å². The van der Waals surface area contributed by atoms with Gasteiger partial charge in [0.15, 0.2) is 0 Å². The molecule has 0 heterocycles. The van der Waals surface area contributed by atoms with Crippen LogP contribution in [-0.2, 0) is 14.8 Å². The molecular formula is C21H18ClIN2O3S. The predicted octanol–water partition coefficient (Wildman–Crippen LogP) is 5.09. The van der Waals surface area contributed by atoms with E-state index in [1.54, 1.807) is 60.7 Å². The molecule has 0 radical (unpaired) electrons. The van der Waals surface area contributed by atoms with Crippen LogP contribution in [0.25, 0.3) is 0 Å². The molecule has 0 fully saturated rings. The van der Waals surface area contributed by atoms with Crippen LogP contribution in [0.3, 0.4) is 0 Å². The number of nitrogens with one attached hydrogen (secondary N) is 1. The van der Waals surface area contributed by atoms with Crippen molar-refractivity contribution in [2.75, 3.05) is 16.2 Å². The highest BCUT2D eigenvalue weighted by atomic mass is 127. The van der Waals surface area contributed by atoms with Gasteiger partial charge in [0.1, 0.15) is 6.54 Å². The van der Waals surface area contributed by atoms with Crippen molar-refractivity contribution < 1.29 is 13.2 Å². The van der Waals surface area contributed by atoms with Gasteiger partial charge in [-0.1, -0.05) is 35.9 Å². The summed E-state index contributed by atoms with van der Waals surface area (Å²) in [6, 6.07) is 20.1. The number of rotatable bonds is 6. The van der Waals surface area contributed by atoms with Crippen molar-refractivity contribution in [1.29, 1.82) is 0 Å². The molecule has 3 aromatic rings. The highest BCUT2D eigenvalue weighted by Gasteiger charge is 2.27. The van der Waals surface area contributed by atoms with Gasteiger partial charge in [0, 0.05) is 14.3 Å². The minimum Gasteiger partial charge on any atom is -0.324 e. The molecule has 0 aliphatic carbocycles. The lowest BCUT2D eigenvalue weighted by Crippen LogP contribution is -2.38. The van der Waals surface area contributed by atoms with Crippen LogP contribution in [-0.4, -0.2) is 20.9 Å². The standard InChI is InChI=1S/C21H18ClIN2O3S/c1-15-7-8-16(22)13-20(15)24-21(26)14-25(18-11-9-17(23)10-12-18)29(27,28)19-5-3-2-4-6-19/h2-13H,14H2,1H3,(H,24,26). The Morgan fingerprint density at radius 1 is 1.03 bits per heavy atom. The maximum atomic E-state index is 13.2. The number of sulfonamides is 1. The molecule has 0 atom stereocenters. The van der Waals surface area contributed by atoms with Crippen molar-refractivity contribution in [2.24, 2.45) is 0 Å². The highest BCUT2D eigenvalue weighted by Crippen LogP contribution is 2.25. The summed E-state index contributed by atoms with van der Waals surface area (Å²) in [5, 5.41) is 3.24. The maximum absolute atomic E-state index is 13.2. The minimum atomic E-state index is -3.93. The van der Waals surface area contributed by atoms with E-state index in [2.05, 4.69) is 27.9 Å². The first-order valence-corrected chi connectivity index (χ1v) is 11.6. The van der Waals surface area contributed by atoms with Crippen molar-refractivity contribution >= 4 is 61.5 Å². The summed E-state index contributed by atoms with van der Waals surface area (Å²) < 4.78 is 28.6. The third-order valence-electron chi connectivity index (χ3n) is 4.21. The highest BCUT2D eigenvalue weighted by molar-refractivity contribution is 14.1. The zero-order valence-corrected chi connectivity index (χ0v) is 19.2. The molecule has 0 aliphatic rings. The van der Waals surface area contributed by atoms with Crippen LogP contribution >= 0.6 is 34.2 Å². The van der Waals surface area contributed by atoms with E-state index in [0.29, 0.717) is 16.4 Å². The Morgan fingerprint density at radius 3 is 2.34 bits per heavy atom. The van der Waals surface area contributed by atoms with Gasteiger partial charge in [-0.15, -0.1) is 0 Å². The number of nitrogens with zero attached hydrogens (tertiary/aromatic N) is 1. The number of hydrogen-bond donors (Lipinski definition) is 1. The molecule has 1 amide bonds. The summed E-state index contributed by atoms with van der Waals surface area (Å²) >= 11 is 8.15. The van der Waals surface area contributed by atoms with Crippen LogP contribution < -0.4 is 9.62 Å². The predicted molar refractivity (Wildman–Crippen MR) is 125 cm³/mol. The van der Waals surface area contributed by atoms with Gasteiger partial charge >= 0.3 is 0 Å². The summed E-state index contributed by atoms with van der Waals surface area (Å²) in [5.41, 5.74) is 1.78. The van der Waals surface area contributed by atoms with Gasteiger partial charge in [0.05, 0.1) is 10.6 Å². The number of carbonyl (C=O) groups excluding carboxylic acids is 1.